The molecule has 2 bridgehead atoms. The van der Waals surface area contributed by atoms with Gasteiger partial charge in [-0.1, -0.05) is 12.2 Å². The summed E-state index contributed by atoms with van der Waals surface area (Å²) in [6, 6.07) is -0.753. The van der Waals surface area contributed by atoms with E-state index in [2.05, 4.69) is 17.5 Å². The number of nitrogens with two attached hydrogens (primary N) is 1. The molecular weight excluding hydrogens is 168 g/mol. The minimum absolute atomic E-state index is 0.0394. The van der Waals surface area contributed by atoms with Crippen LogP contribution < -0.4 is 11.1 Å². The summed E-state index contributed by atoms with van der Waals surface area (Å²) in [6.45, 7) is 0. The van der Waals surface area contributed by atoms with Crippen LogP contribution in [0, 0.1) is 17.8 Å². The number of hydrogen-bond donors (Lipinski definition) is 2. The largest absolute Gasteiger partial charge is 0.351 e. The first-order valence-corrected chi connectivity index (χ1v) is 4.45. The van der Waals surface area contributed by atoms with E-state index in [1.165, 1.54) is 0 Å². The zero-order valence-electron chi connectivity index (χ0n) is 7.19. The fourth-order valence-electron chi connectivity index (χ4n) is 2.30. The molecule has 0 heterocycles. The minimum Gasteiger partial charge on any atom is -0.351 e. The van der Waals surface area contributed by atoms with E-state index >= 15 is 0 Å². The van der Waals surface area contributed by atoms with E-state index in [0.29, 0.717) is 11.8 Å². The molecule has 70 valence electrons. The lowest BCUT2D eigenvalue weighted by Gasteiger charge is -2.15. The Morgan fingerprint density at radius 1 is 1.31 bits per heavy atom. The van der Waals surface area contributed by atoms with Crippen LogP contribution in [-0.2, 0) is 4.79 Å². The third-order valence-corrected chi connectivity index (χ3v) is 2.86. The van der Waals surface area contributed by atoms with Crippen molar-refractivity contribution in [1.29, 1.82) is 0 Å². The fourth-order valence-corrected chi connectivity index (χ4v) is 2.30. The average Bonchev–Trinajstić information content (AvgIpc) is 2.62. The quantitative estimate of drug-likeness (QED) is 0.573. The molecule has 2 aliphatic carbocycles. The molecule has 4 heteroatoms. The standard InChI is InChI=1S/C9H12N2O2/c10-9(13)11-8(12)7-4-5-1-2-6(7)3-5/h1-2,5-7H,3-4H2,(H3,10,11,12,13). The van der Waals surface area contributed by atoms with E-state index in [4.69, 9.17) is 5.73 Å². The molecule has 1 fully saturated rings. The summed E-state index contributed by atoms with van der Waals surface area (Å²) in [5, 5.41) is 2.14. The van der Waals surface area contributed by atoms with Gasteiger partial charge >= 0.3 is 6.03 Å². The summed E-state index contributed by atoms with van der Waals surface area (Å²) >= 11 is 0. The molecule has 0 radical (unpaired) electrons. The van der Waals surface area contributed by atoms with Gasteiger partial charge < -0.3 is 5.73 Å². The van der Waals surface area contributed by atoms with E-state index < -0.39 is 6.03 Å². The summed E-state index contributed by atoms with van der Waals surface area (Å²) in [4.78, 5) is 21.8. The van der Waals surface area contributed by atoms with Gasteiger partial charge in [-0.2, -0.15) is 0 Å². The van der Waals surface area contributed by atoms with Crippen molar-refractivity contribution in [3.8, 4) is 0 Å². The van der Waals surface area contributed by atoms with Crippen molar-refractivity contribution in [2.24, 2.45) is 23.5 Å². The first kappa shape index (κ1) is 8.29. The normalized spacial score (nSPS) is 34.9. The van der Waals surface area contributed by atoms with Crippen LogP contribution in [0.2, 0.25) is 0 Å². The number of carbonyl (C=O) groups is 2. The van der Waals surface area contributed by atoms with Crippen LogP contribution in [0.3, 0.4) is 0 Å². The maximum atomic E-state index is 11.4. The van der Waals surface area contributed by atoms with Gasteiger partial charge in [0.05, 0.1) is 0 Å². The monoisotopic (exact) mass is 180 g/mol. The smallest absolute Gasteiger partial charge is 0.318 e. The highest BCUT2D eigenvalue weighted by Gasteiger charge is 2.39. The lowest BCUT2D eigenvalue weighted by molar-refractivity contribution is -0.124. The Morgan fingerprint density at radius 2 is 2.08 bits per heavy atom. The lowest BCUT2D eigenvalue weighted by atomic mass is 9.93. The molecule has 4 nitrogen and oxygen atoms in total. The number of rotatable bonds is 1. The van der Waals surface area contributed by atoms with Gasteiger partial charge in [0.15, 0.2) is 0 Å². The van der Waals surface area contributed by atoms with Crippen molar-refractivity contribution >= 4 is 11.9 Å². The molecule has 0 saturated heterocycles. The van der Waals surface area contributed by atoms with Gasteiger partial charge in [0, 0.05) is 5.92 Å². The zero-order chi connectivity index (χ0) is 9.42. The molecule has 3 N–H and O–H groups in total. The van der Waals surface area contributed by atoms with E-state index in [9.17, 15) is 9.59 Å². The molecule has 0 aliphatic heterocycles. The summed E-state index contributed by atoms with van der Waals surface area (Å²) in [7, 11) is 0. The topological polar surface area (TPSA) is 72.2 Å². The number of fused-ring (bicyclic) bond motifs is 2. The number of primary amides is 1. The molecule has 3 amide bonds. The van der Waals surface area contributed by atoms with Crippen molar-refractivity contribution < 1.29 is 9.59 Å². The number of hydrogen-bond acceptors (Lipinski definition) is 2. The molecule has 0 spiro atoms. The Kier molecular flexibility index (Phi) is 1.83. The van der Waals surface area contributed by atoms with Crippen LogP contribution >= 0.6 is 0 Å². The average molecular weight is 180 g/mol. The fraction of sp³-hybridized carbons (Fsp3) is 0.556. The molecule has 2 rings (SSSR count). The van der Waals surface area contributed by atoms with Crippen molar-refractivity contribution in [2.45, 2.75) is 12.8 Å². The Balaban J connectivity index is 1.99. The summed E-state index contributed by atoms with van der Waals surface area (Å²) in [5.74, 6) is 0.602. The first-order chi connectivity index (χ1) is 6.16. The van der Waals surface area contributed by atoms with E-state index in [1.54, 1.807) is 0 Å². The number of amides is 3. The van der Waals surface area contributed by atoms with E-state index in [1.807, 2.05) is 0 Å². The van der Waals surface area contributed by atoms with Gasteiger partial charge in [-0.15, -0.1) is 0 Å². The highest BCUT2D eigenvalue weighted by Crippen LogP contribution is 2.43. The van der Waals surface area contributed by atoms with E-state index in [-0.39, 0.29) is 11.8 Å². The zero-order valence-corrected chi connectivity index (χ0v) is 7.19. The second-order valence-electron chi connectivity index (χ2n) is 3.74. The highest BCUT2D eigenvalue weighted by atomic mass is 16.2. The minimum atomic E-state index is -0.753. The number of allylic oxidation sites excluding steroid dienone is 2. The second-order valence-corrected chi connectivity index (χ2v) is 3.74. The summed E-state index contributed by atoms with van der Waals surface area (Å²) in [5.41, 5.74) is 4.87. The number of carbonyl (C=O) groups excluding carboxylic acids is 2. The first-order valence-electron chi connectivity index (χ1n) is 4.45. The van der Waals surface area contributed by atoms with Gasteiger partial charge in [-0.3, -0.25) is 10.1 Å². The third-order valence-electron chi connectivity index (χ3n) is 2.86. The maximum absolute atomic E-state index is 11.4. The van der Waals surface area contributed by atoms with Crippen LogP contribution in [0.5, 0.6) is 0 Å². The molecule has 0 aromatic heterocycles. The van der Waals surface area contributed by atoms with Gasteiger partial charge in [0.1, 0.15) is 0 Å². The Hall–Kier alpha value is -1.32. The molecule has 0 aromatic carbocycles. The van der Waals surface area contributed by atoms with Crippen LogP contribution in [0.25, 0.3) is 0 Å². The second kappa shape index (κ2) is 2.87. The molecule has 1 saturated carbocycles. The van der Waals surface area contributed by atoms with Crippen molar-refractivity contribution in [2.75, 3.05) is 0 Å². The molecule has 13 heavy (non-hydrogen) atoms. The molecule has 2 aliphatic rings. The molecular formula is C9H12N2O2. The predicted octanol–water partition coefficient (Wildman–Crippen LogP) is 0.393. The van der Waals surface area contributed by atoms with Crippen molar-refractivity contribution in [3.63, 3.8) is 0 Å². The van der Waals surface area contributed by atoms with Gasteiger partial charge in [0.2, 0.25) is 5.91 Å². The Labute approximate surface area is 76.2 Å². The van der Waals surface area contributed by atoms with Gasteiger partial charge in [0.25, 0.3) is 0 Å². The van der Waals surface area contributed by atoms with Gasteiger partial charge in [-0.25, -0.2) is 4.79 Å². The number of nitrogens with one attached hydrogen (secondary N) is 1. The molecule has 0 aromatic rings. The predicted molar refractivity (Wildman–Crippen MR) is 46.6 cm³/mol. The van der Waals surface area contributed by atoms with Crippen LogP contribution in [0.4, 0.5) is 4.79 Å². The number of imide groups is 1. The molecule has 3 unspecified atom stereocenters. The third kappa shape index (κ3) is 1.43. The maximum Gasteiger partial charge on any atom is 0.318 e. The van der Waals surface area contributed by atoms with Gasteiger partial charge in [-0.05, 0) is 24.7 Å². The highest BCUT2D eigenvalue weighted by molar-refractivity contribution is 5.95. The van der Waals surface area contributed by atoms with Crippen LogP contribution in [0.1, 0.15) is 12.8 Å². The van der Waals surface area contributed by atoms with Crippen LogP contribution in [-0.4, -0.2) is 11.9 Å². The Bertz CT molecular complexity index is 285. The van der Waals surface area contributed by atoms with Crippen molar-refractivity contribution in [1.82, 2.24) is 5.32 Å². The van der Waals surface area contributed by atoms with E-state index in [0.717, 1.165) is 12.8 Å². The lowest BCUT2D eigenvalue weighted by Crippen LogP contribution is -2.40. The van der Waals surface area contributed by atoms with Crippen LogP contribution in [0.15, 0.2) is 12.2 Å². The SMILES string of the molecule is NC(=O)NC(=O)C1CC2C=CC1C2. The van der Waals surface area contributed by atoms with Crippen molar-refractivity contribution in [3.05, 3.63) is 12.2 Å². The Morgan fingerprint density at radius 3 is 2.54 bits per heavy atom. The summed E-state index contributed by atoms with van der Waals surface area (Å²) < 4.78 is 0. The summed E-state index contributed by atoms with van der Waals surface area (Å²) in [6.07, 6.45) is 6.13. The number of urea groups is 1. The molecule has 3 atom stereocenters.